The molecule has 1 N–H and O–H groups in total. The zero-order valence-corrected chi connectivity index (χ0v) is 17.9. The summed E-state index contributed by atoms with van der Waals surface area (Å²) in [5, 5.41) is 3.52. The van der Waals surface area contributed by atoms with E-state index in [-0.39, 0.29) is 24.0 Å². The summed E-state index contributed by atoms with van der Waals surface area (Å²) in [6.45, 7) is 3.76. The number of nitrogens with zero attached hydrogens (tertiary/aromatic N) is 2. The van der Waals surface area contributed by atoms with Gasteiger partial charge in [-0.1, -0.05) is 18.2 Å². The van der Waals surface area contributed by atoms with Crippen molar-refractivity contribution in [3.8, 4) is 0 Å². The molecular weight excluding hydrogens is 425 g/mol. The maximum absolute atomic E-state index is 5.44. The number of rotatable bonds is 5. The smallest absolute Gasteiger partial charge is 0.193 e. The molecule has 2 aliphatic rings. The summed E-state index contributed by atoms with van der Waals surface area (Å²) in [6, 6.07) is 6.92. The van der Waals surface area contributed by atoms with Crippen molar-refractivity contribution in [2.24, 2.45) is 10.9 Å². The Labute approximate surface area is 169 Å². The van der Waals surface area contributed by atoms with E-state index in [9.17, 15) is 0 Å². The van der Waals surface area contributed by atoms with Crippen LogP contribution in [-0.4, -0.2) is 44.7 Å². The fourth-order valence-corrected chi connectivity index (χ4v) is 3.82. The van der Waals surface area contributed by atoms with Gasteiger partial charge in [-0.05, 0) is 61.1 Å². The van der Waals surface area contributed by atoms with Gasteiger partial charge in [-0.2, -0.15) is 0 Å². The summed E-state index contributed by atoms with van der Waals surface area (Å²) in [6.07, 6.45) is 7.43. The first-order valence-corrected chi connectivity index (χ1v) is 9.36. The number of aliphatic imine (C=N–C) groups is 1. The molecule has 0 atom stereocenters. The third-order valence-corrected chi connectivity index (χ3v) is 5.40. The molecule has 3 rings (SSSR count). The third-order valence-electron chi connectivity index (χ3n) is 5.40. The van der Waals surface area contributed by atoms with E-state index < -0.39 is 0 Å². The van der Waals surface area contributed by atoms with Gasteiger partial charge >= 0.3 is 0 Å². The van der Waals surface area contributed by atoms with Crippen molar-refractivity contribution >= 4 is 29.9 Å². The molecule has 0 spiro atoms. The monoisotopic (exact) mass is 457 g/mol. The molecule has 4 nitrogen and oxygen atoms in total. The molecule has 0 radical (unpaired) electrons. The molecule has 1 aliphatic heterocycles. The Balaban J connectivity index is 0.00000225. The topological polar surface area (TPSA) is 36.9 Å². The summed E-state index contributed by atoms with van der Waals surface area (Å²) < 4.78 is 5.44. The Morgan fingerprint density at radius 2 is 2.00 bits per heavy atom. The molecular formula is C20H32IN3O. The van der Waals surface area contributed by atoms with Gasteiger partial charge in [0.2, 0.25) is 0 Å². The molecule has 1 fully saturated rings. The molecule has 25 heavy (non-hydrogen) atoms. The Morgan fingerprint density at radius 1 is 1.24 bits per heavy atom. The summed E-state index contributed by atoms with van der Waals surface area (Å²) >= 11 is 0. The van der Waals surface area contributed by atoms with Crippen LogP contribution in [0.4, 0.5) is 0 Å². The van der Waals surface area contributed by atoms with Crippen molar-refractivity contribution in [2.75, 3.05) is 33.9 Å². The fraction of sp³-hybridized carbons (Fsp3) is 0.650. The molecule has 1 aromatic rings. The molecule has 1 aromatic carbocycles. The lowest BCUT2D eigenvalue weighted by Crippen LogP contribution is -2.39. The summed E-state index contributed by atoms with van der Waals surface area (Å²) in [5.74, 6) is 1.79. The zero-order chi connectivity index (χ0) is 16.8. The van der Waals surface area contributed by atoms with Crippen LogP contribution in [0.15, 0.2) is 23.2 Å². The van der Waals surface area contributed by atoms with E-state index >= 15 is 0 Å². The predicted molar refractivity (Wildman–Crippen MR) is 115 cm³/mol. The maximum atomic E-state index is 5.44. The van der Waals surface area contributed by atoms with Crippen LogP contribution in [0.25, 0.3) is 0 Å². The van der Waals surface area contributed by atoms with Gasteiger partial charge in [0, 0.05) is 40.4 Å². The molecule has 1 saturated heterocycles. The van der Waals surface area contributed by atoms with Gasteiger partial charge in [0.25, 0.3) is 0 Å². The van der Waals surface area contributed by atoms with Gasteiger partial charge in [-0.3, -0.25) is 4.99 Å². The largest absolute Gasteiger partial charge is 0.381 e. The number of ether oxygens (including phenoxy) is 1. The number of guanidine groups is 1. The molecule has 0 saturated carbocycles. The van der Waals surface area contributed by atoms with E-state index in [1.807, 2.05) is 7.05 Å². The molecule has 0 unspecified atom stereocenters. The Hall–Kier alpha value is -0.820. The molecule has 5 heteroatoms. The van der Waals surface area contributed by atoms with Crippen molar-refractivity contribution in [2.45, 2.75) is 45.1 Å². The van der Waals surface area contributed by atoms with Gasteiger partial charge in [0.15, 0.2) is 5.96 Å². The standard InChI is InChI=1S/C20H31N3O.HI/c1-21-20(23(2)11-8-16-9-12-24-13-10-16)22-15-17-6-7-18-4-3-5-19(18)14-17;/h6-7,14,16H,3-5,8-13,15H2,1-2H3,(H,21,22);1H. The number of aryl methyl sites for hydroxylation is 2. The van der Waals surface area contributed by atoms with Crippen LogP contribution in [0.2, 0.25) is 0 Å². The minimum Gasteiger partial charge on any atom is -0.381 e. The van der Waals surface area contributed by atoms with Gasteiger partial charge in [-0.25, -0.2) is 0 Å². The Morgan fingerprint density at radius 3 is 2.76 bits per heavy atom. The molecule has 1 heterocycles. The predicted octanol–water partition coefficient (Wildman–Crippen LogP) is 3.62. The van der Waals surface area contributed by atoms with E-state index in [0.717, 1.165) is 38.2 Å². The number of hydrogen-bond acceptors (Lipinski definition) is 2. The number of hydrogen-bond donors (Lipinski definition) is 1. The van der Waals surface area contributed by atoms with Gasteiger partial charge in [0.05, 0.1) is 0 Å². The molecule has 140 valence electrons. The van der Waals surface area contributed by atoms with E-state index in [1.54, 1.807) is 0 Å². The number of benzene rings is 1. The first kappa shape index (κ1) is 20.5. The lowest BCUT2D eigenvalue weighted by molar-refractivity contribution is 0.0625. The highest BCUT2D eigenvalue weighted by Crippen LogP contribution is 2.23. The lowest BCUT2D eigenvalue weighted by Gasteiger charge is -2.27. The average Bonchev–Trinajstić information content (AvgIpc) is 3.09. The highest BCUT2D eigenvalue weighted by atomic mass is 127. The van der Waals surface area contributed by atoms with Crippen LogP contribution >= 0.6 is 24.0 Å². The van der Waals surface area contributed by atoms with Crippen LogP contribution in [0.1, 0.15) is 42.4 Å². The van der Waals surface area contributed by atoms with Crippen LogP contribution in [0.3, 0.4) is 0 Å². The Kier molecular flexibility index (Phi) is 8.49. The van der Waals surface area contributed by atoms with Gasteiger partial charge in [-0.15, -0.1) is 24.0 Å². The Bertz CT molecular complexity index is 570. The van der Waals surface area contributed by atoms with Crippen molar-refractivity contribution in [1.82, 2.24) is 10.2 Å². The van der Waals surface area contributed by atoms with Crippen molar-refractivity contribution in [3.05, 3.63) is 34.9 Å². The third kappa shape index (κ3) is 5.84. The van der Waals surface area contributed by atoms with E-state index in [2.05, 4.69) is 40.5 Å². The van der Waals surface area contributed by atoms with E-state index in [0.29, 0.717) is 0 Å². The highest BCUT2D eigenvalue weighted by Gasteiger charge is 2.16. The van der Waals surface area contributed by atoms with Crippen molar-refractivity contribution in [1.29, 1.82) is 0 Å². The average molecular weight is 457 g/mol. The fourth-order valence-electron chi connectivity index (χ4n) is 3.82. The van der Waals surface area contributed by atoms with Crippen LogP contribution in [0, 0.1) is 5.92 Å². The number of nitrogens with one attached hydrogen (secondary N) is 1. The minimum absolute atomic E-state index is 0. The van der Waals surface area contributed by atoms with E-state index in [1.165, 1.54) is 55.2 Å². The quantitative estimate of drug-likeness (QED) is 0.417. The van der Waals surface area contributed by atoms with Crippen LogP contribution in [-0.2, 0) is 24.1 Å². The van der Waals surface area contributed by atoms with Gasteiger partial charge < -0.3 is 15.0 Å². The molecule has 0 aromatic heterocycles. The minimum atomic E-state index is 0. The molecule has 0 amide bonds. The maximum Gasteiger partial charge on any atom is 0.193 e. The molecule has 0 bridgehead atoms. The normalized spacial score (nSPS) is 17.8. The van der Waals surface area contributed by atoms with Gasteiger partial charge in [0.1, 0.15) is 0 Å². The first-order valence-electron chi connectivity index (χ1n) is 9.36. The van der Waals surface area contributed by atoms with Crippen LogP contribution < -0.4 is 5.32 Å². The SMILES string of the molecule is CN=C(NCc1ccc2c(c1)CCC2)N(C)CCC1CCOCC1.I. The lowest BCUT2D eigenvalue weighted by atomic mass is 9.96. The number of fused-ring (bicyclic) bond motifs is 1. The second-order valence-electron chi connectivity index (χ2n) is 7.12. The summed E-state index contributed by atoms with van der Waals surface area (Å²) in [4.78, 5) is 6.70. The highest BCUT2D eigenvalue weighted by molar-refractivity contribution is 14.0. The van der Waals surface area contributed by atoms with Crippen molar-refractivity contribution in [3.63, 3.8) is 0 Å². The summed E-state index contributed by atoms with van der Waals surface area (Å²) in [7, 11) is 4.01. The van der Waals surface area contributed by atoms with Crippen LogP contribution in [0.5, 0.6) is 0 Å². The van der Waals surface area contributed by atoms with Crippen molar-refractivity contribution < 1.29 is 4.74 Å². The van der Waals surface area contributed by atoms with E-state index in [4.69, 9.17) is 4.74 Å². The molecule has 1 aliphatic carbocycles. The summed E-state index contributed by atoms with van der Waals surface area (Å²) in [5.41, 5.74) is 4.43. The zero-order valence-electron chi connectivity index (χ0n) is 15.6. The number of halogens is 1. The first-order chi connectivity index (χ1) is 11.8. The second-order valence-corrected chi connectivity index (χ2v) is 7.12. The second kappa shape index (κ2) is 10.4.